The van der Waals surface area contributed by atoms with Crippen LogP contribution in [0.2, 0.25) is 0 Å². The minimum Gasteiger partial charge on any atom is -0.304 e. The normalized spacial score (nSPS) is 25.9. The Balaban J connectivity index is 0.000000461. The van der Waals surface area contributed by atoms with Crippen molar-refractivity contribution in [1.82, 2.24) is 14.9 Å². The van der Waals surface area contributed by atoms with Gasteiger partial charge in [-0.25, -0.2) is 10.0 Å². The van der Waals surface area contributed by atoms with E-state index in [1.165, 1.54) is 52.1 Å². The summed E-state index contributed by atoms with van der Waals surface area (Å²) in [6.45, 7) is 11.5. The molecule has 0 aromatic heterocycles. The van der Waals surface area contributed by atoms with Gasteiger partial charge in [-0.15, -0.1) is 0 Å². The number of rotatable bonds is 0. The van der Waals surface area contributed by atoms with Crippen molar-refractivity contribution in [3.05, 3.63) is 0 Å². The van der Waals surface area contributed by atoms with Crippen LogP contribution in [0.1, 0.15) is 26.7 Å². The van der Waals surface area contributed by atoms with E-state index in [1.54, 1.807) is 0 Å². The first kappa shape index (κ1) is 12.0. The smallest absolute Gasteiger partial charge is 0.0261 e. The van der Waals surface area contributed by atoms with Gasteiger partial charge in [0.25, 0.3) is 0 Å². The van der Waals surface area contributed by atoms with Gasteiger partial charge in [-0.05, 0) is 19.9 Å². The summed E-state index contributed by atoms with van der Waals surface area (Å²) in [7, 11) is 2.22. The number of fused-ring (bicyclic) bond motifs is 1. The molecule has 84 valence electrons. The molecule has 2 aliphatic heterocycles. The molecule has 2 saturated heterocycles. The summed E-state index contributed by atoms with van der Waals surface area (Å²) in [5.74, 6) is 0. The van der Waals surface area contributed by atoms with Gasteiger partial charge in [0, 0.05) is 39.3 Å². The van der Waals surface area contributed by atoms with E-state index in [0.29, 0.717) is 0 Å². The van der Waals surface area contributed by atoms with Gasteiger partial charge in [0.05, 0.1) is 0 Å². The van der Waals surface area contributed by atoms with E-state index in [2.05, 4.69) is 22.0 Å². The molecule has 0 radical (unpaired) electrons. The van der Waals surface area contributed by atoms with Crippen molar-refractivity contribution in [3.8, 4) is 0 Å². The average molecular weight is 199 g/mol. The Morgan fingerprint density at radius 1 is 0.643 bits per heavy atom. The molecular weight excluding hydrogens is 174 g/mol. The minimum atomic E-state index is 1.23. The number of nitrogens with zero attached hydrogens (tertiary/aromatic N) is 3. The Hall–Kier alpha value is -0.120. The maximum Gasteiger partial charge on any atom is 0.0261 e. The molecule has 2 heterocycles. The zero-order chi connectivity index (χ0) is 10.4. The predicted molar refractivity (Wildman–Crippen MR) is 61.2 cm³/mol. The molecule has 0 aromatic carbocycles. The first-order chi connectivity index (χ1) is 6.86. The summed E-state index contributed by atoms with van der Waals surface area (Å²) in [5, 5.41) is 5.07. The van der Waals surface area contributed by atoms with Crippen LogP contribution in [0.25, 0.3) is 0 Å². The Kier molecular flexibility index (Phi) is 5.45. The molecule has 3 heteroatoms. The molecule has 0 spiro atoms. The predicted octanol–water partition coefficient (Wildman–Crippen LogP) is 1.27. The highest BCUT2D eigenvalue weighted by Crippen LogP contribution is 2.12. The fourth-order valence-electron chi connectivity index (χ4n) is 2.06. The zero-order valence-electron chi connectivity index (χ0n) is 10.00. The highest BCUT2D eigenvalue weighted by molar-refractivity contribution is 4.71. The summed E-state index contributed by atoms with van der Waals surface area (Å²) in [6, 6.07) is 0. The third-order valence-electron chi connectivity index (χ3n) is 2.96. The van der Waals surface area contributed by atoms with Crippen LogP contribution in [0, 0.1) is 0 Å². The number of hydrogen-bond acceptors (Lipinski definition) is 3. The van der Waals surface area contributed by atoms with Crippen molar-refractivity contribution in [3.63, 3.8) is 0 Å². The van der Waals surface area contributed by atoms with Crippen LogP contribution in [0.3, 0.4) is 0 Å². The quantitative estimate of drug-likeness (QED) is 0.582. The van der Waals surface area contributed by atoms with E-state index >= 15 is 0 Å². The van der Waals surface area contributed by atoms with Crippen molar-refractivity contribution < 1.29 is 0 Å². The van der Waals surface area contributed by atoms with Crippen molar-refractivity contribution in [2.24, 2.45) is 0 Å². The van der Waals surface area contributed by atoms with Gasteiger partial charge in [-0.1, -0.05) is 13.8 Å². The summed E-state index contributed by atoms with van der Waals surface area (Å²) in [4.78, 5) is 2.43. The zero-order valence-corrected chi connectivity index (χ0v) is 10.00. The average Bonchev–Trinajstić information content (AvgIpc) is 2.45. The van der Waals surface area contributed by atoms with Crippen LogP contribution in [-0.4, -0.2) is 61.2 Å². The Bertz CT molecular complexity index is 133. The van der Waals surface area contributed by atoms with Crippen molar-refractivity contribution >= 4 is 0 Å². The van der Waals surface area contributed by atoms with Crippen molar-refractivity contribution in [1.29, 1.82) is 0 Å². The SMILES string of the molecule is CC.CN1CCN2CCCCN2CC1. The lowest BCUT2D eigenvalue weighted by Crippen LogP contribution is -2.47. The highest BCUT2D eigenvalue weighted by Gasteiger charge is 2.22. The molecule has 0 N–H and O–H groups in total. The van der Waals surface area contributed by atoms with Crippen molar-refractivity contribution in [2.45, 2.75) is 26.7 Å². The standard InChI is InChI=1S/C9H19N3.C2H6/c1-10-6-8-11-4-2-3-5-12(11)9-7-10;1-2/h2-9H2,1H3;1-2H3. The molecular formula is C11H25N3. The van der Waals surface area contributed by atoms with Gasteiger partial charge in [0.1, 0.15) is 0 Å². The molecule has 0 bridgehead atoms. The molecule has 0 aliphatic carbocycles. The second kappa shape index (κ2) is 6.38. The fraction of sp³-hybridized carbons (Fsp3) is 1.00. The second-order valence-corrected chi connectivity index (χ2v) is 3.92. The van der Waals surface area contributed by atoms with Gasteiger partial charge in [0.2, 0.25) is 0 Å². The Morgan fingerprint density at radius 3 is 1.50 bits per heavy atom. The fourth-order valence-corrected chi connectivity index (χ4v) is 2.06. The van der Waals surface area contributed by atoms with E-state index in [1.807, 2.05) is 13.8 Å². The summed E-state index contributed by atoms with van der Waals surface area (Å²) >= 11 is 0. The molecule has 0 amide bonds. The highest BCUT2D eigenvalue weighted by atomic mass is 15.6. The summed E-state index contributed by atoms with van der Waals surface area (Å²) in [5.41, 5.74) is 0. The molecule has 3 nitrogen and oxygen atoms in total. The Labute approximate surface area is 88.6 Å². The van der Waals surface area contributed by atoms with E-state index in [-0.39, 0.29) is 0 Å². The lowest BCUT2D eigenvalue weighted by atomic mass is 10.2. The van der Waals surface area contributed by atoms with Gasteiger partial charge < -0.3 is 4.90 Å². The van der Waals surface area contributed by atoms with Gasteiger partial charge in [0.15, 0.2) is 0 Å². The lowest BCUT2D eigenvalue weighted by Gasteiger charge is -2.36. The van der Waals surface area contributed by atoms with E-state index in [9.17, 15) is 0 Å². The van der Waals surface area contributed by atoms with Gasteiger partial charge >= 0.3 is 0 Å². The molecule has 14 heavy (non-hydrogen) atoms. The van der Waals surface area contributed by atoms with E-state index in [4.69, 9.17) is 0 Å². The lowest BCUT2D eigenvalue weighted by molar-refractivity contribution is -0.0374. The molecule has 0 atom stereocenters. The monoisotopic (exact) mass is 199 g/mol. The molecule has 0 aromatic rings. The molecule has 0 unspecified atom stereocenters. The number of hydrogen-bond donors (Lipinski definition) is 0. The van der Waals surface area contributed by atoms with Crippen LogP contribution in [-0.2, 0) is 0 Å². The first-order valence-corrected chi connectivity index (χ1v) is 6.04. The third kappa shape index (κ3) is 3.23. The third-order valence-corrected chi connectivity index (χ3v) is 2.96. The van der Waals surface area contributed by atoms with Crippen LogP contribution in [0.5, 0.6) is 0 Å². The van der Waals surface area contributed by atoms with Crippen LogP contribution >= 0.6 is 0 Å². The molecule has 2 aliphatic rings. The number of likely N-dealkylation sites (N-methyl/N-ethyl adjacent to an activating group) is 1. The van der Waals surface area contributed by atoms with Crippen molar-refractivity contribution in [2.75, 3.05) is 46.3 Å². The van der Waals surface area contributed by atoms with Gasteiger partial charge in [-0.2, -0.15) is 0 Å². The maximum absolute atomic E-state index is 2.53. The van der Waals surface area contributed by atoms with E-state index < -0.39 is 0 Å². The second-order valence-electron chi connectivity index (χ2n) is 3.92. The first-order valence-electron chi connectivity index (χ1n) is 6.04. The largest absolute Gasteiger partial charge is 0.304 e. The molecule has 0 saturated carbocycles. The van der Waals surface area contributed by atoms with Crippen LogP contribution in [0.15, 0.2) is 0 Å². The topological polar surface area (TPSA) is 9.72 Å². The minimum absolute atomic E-state index is 1.23. The molecule has 2 rings (SSSR count). The maximum atomic E-state index is 2.53. The molecule has 2 fully saturated rings. The summed E-state index contributed by atoms with van der Waals surface area (Å²) < 4.78 is 0. The summed E-state index contributed by atoms with van der Waals surface area (Å²) in [6.07, 6.45) is 2.78. The Morgan fingerprint density at radius 2 is 1.07 bits per heavy atom. The van der Waals surface area contributed by atoms with Crippen LogP contribution < -0.4 is 0 Å². The van der Waals surface area contributed by atoms with Gasteiger partial charge in [-0.3, -0.25) is 0 Å². The van der Waals surface area contributed by atoms with E-state index in [0.717, 1.165) is 0 Å². The van der Waals surface area contributed by atoms with Crippen LogP contribution in [0.4, 0.5) is 0 Å². The number of hydrazine groups is 1.